The molecule has 2 bridgehead atoms. The Kier molecular flexibility index (Phi) is 3.59. The zero-order valence-electron chi connectivity index (χ0n) is 13.1. The molecule has 0 unspecified atom stereocenters. The van der Waals surface area contributed by atoms with E-state index < -0.39 is 0 Å². The van der Waals surface area contributed by atoms with Crippen molar-refractivity contribution < 1.29 is 4.79 Å². The van der Waals surface area contributed by atoms with Gasteiger partial charge in [-0.2, -0.15) is 5.10 Å². The maximum atomic E-state index is 12.3. The van der Waals surface area contributed by atoms with Gasteiger partial charge < -0.3 is 5.32 Å². The van der Waals surface area contributed by atoms with Crippen molar-refractivity contribution in [1.29, 1.82) is 0 Å². The monoisotopic (exact) mass is 311 g/mol. The summed E-state index contributed by atoms with van der Waals surface area (Å²) in [6.45, 7) is 0. The molecular weight excluding hydrogens is 290 g/mol. The lowest BCUT2D eigenvalue weighted by Gasteiger charge is -2.25. The van der Waals surface area contributed by atoms with Crippen LogP contribution >= 0.6 is 0 Å². The third kappa shape index (κ3) is 2.85. The summed E-state index contributed by atoms with van der Waals surface area (Å²) in [5.74, 6) is 0.983. The molecule has 23 heavy (non-hydrogen) atoms. The smallest absolute Gasteiger partial charge is 0.224 e. The second-order valence-corrected chi connectivity index (χ2v) is 6.95. The number of carbonyl (C=O) groups excluding carboxylic acids is 1. The zero-order chi connectivity index (χ0) is 15.7. The largest absolute Gasteiger partial charge is 0.323 e. The Bertz CT molecular complexity index is 688. The van der Waals surface area contributed by atoms with E-state index in [1.165, 1.54) is 32.1 Å². The molecule has 2 heterocycles. The van der Waals surface area contributed by atoms with E-state index in [4.69, 9.17) is 0 Å². The number of anilines is 1. The number of rotatable bonds is 5. The third-order valence-electron chi connectivity index (χ3n) is 5.50. The Hall–Kier alpha value is -2.24. The topological polar surface area (TPSA) is 83.6 Å². The predicted octanol–water partition coefficient (Wildman–Crippen LogP) is 3.17. The molecule has 0 aromatic carbocycles. The highest BCUT2D eigenvalue weighted by Crippen LogP contribution is 2.56. The van der Waals surface area contributed by atoms with Crippen LogP contribution in [0.15, 0.2) is 24.8 Å². The lowest BCUT2D eigenvalue weighted by atomic mass is 9.80. The molecule has 6 nitrogen and oxygen atoms in total. The minimum absolute atomic E-state index is 0.0567. The summed E-state index contributed by atoms with van der Waals surface area (Å²) in [7, 11) is 0. The molecule has 4 rings (SSSR count). The Morgan fingerprint density at radius 2 is 2.17 bits per heavy atom. The van der Waals surface area contributed by atoms with E-state index in [1.54, 1.807) is 24.8 Å². The average molecular weight is 311 g/mol. The van der Waals surface area contributed by atoms with Gasteiger partial charge in [0, 0.05) is 18.8 Å². The summed E-state index contributed by atoms with van der Waals surface area (Å²) in [5.41, 5.74) is 2.50. The molecule has 0 aliphatic heterocycles. The Morgan fingerprint density at radius 3 is 2.87 bits per heavy atom. The second-order valence-electron chi connectivity index (χ2n) is 6.95. The van der Waals surface area contributed by atoms with Crippen molar-refractivity contribution in [3.05, 3.63) is 24.8 Å². The first-order valence-corrected chi connectivity index (χ1v) is 8.34. The number of fused-ring (bicyclic) bond motifs is 2. The van der Waals surface area contributed by atoms with Crippen molar-refractivity contribution in [2.24, 2.45) is 11.3 Å². The highest BCUT2D eigenvalue weighted by molar-refractivity contribution is 5.94. The molecule has 2 saturated carbocycles. The van der Waals surface area contributed by atoms with Gasteiger partial charge in [0.2, 0.25) is 5.91 Å². The SMILES string of the molecule is O=C(CCC12CCC(CC1)C2)Nc1cn[nH]c1-c1cnccn1. The maximum absolute atomic E-state index is 12.3. The number of hydrogen-bond donors (Lipinski definition) is 2. The van der Waals surface area contributed by atoms with Crippen molar-refractivity contribution >= 4 is 11.6 Å². The first-order chi connectivity index (χ1) is 11.2. The van der Waals surface area contributed by atoms with Crippen LogP contribution in [0.3, 0.4) is 0 Å². The Labute approximate surface area is 135 Å². The third-order valence-corrected chi connectivity index (χ3v) is 5.50. The molecule has 2 fully saturated rings. The predicted molar refractivity (Wildman–Crippen MR) is 86.5 cm³/mol. The van der Waals surface area contributed by atoms with E-state index in [-0.39, 0.29) is 5.91 Å². The van der Waals surface area contributed by atoms with Crippen LogP contribution in [0.2, 0.25) is 0 Å². The molecule has 0 atom stereocenters. The van der Waals surface area contributed by atoms with Gasteiger partial charge in [0.05, 0.1) is 18.1 Å². The summed E-state index contributed by atoms with van der Waals surface area (Å²) >= 11 is 0. The van der Waals surface area contributed by atoms with Gasteiger partial charge in [-0.3, -0.25) is 19.9 Å². The number of amides is 1. The van der Waals surface area contributed by atoms with E-state index >= 15 is 0 Å². The highest BCUT2D eigenvalue weighted by atomic mass is 16.1. The van der Waals surface area contributed by atoms with Gasteiger partial charge in [0.15, 0.2) is 0 Å². The molecule has 6 heteroatoms. The van der Waals surface area contributed by atoms with Gasteiger partial charge in [-0.15, -0.1) is 0 Å². The van der Waals surface area contributed by atoms with Gasteiger partial charge in [0.25, 0.3) is 0 Å². The maximum Gasteiger partial charge on any atom is 0.224 e. The fourth-order valence-corrected chi connectivity index (χ4v) is 4.26. The van der Waals surface area contributed by atoms with E-state index in [0.717, 1.165) is 12.3 Å². The number of hydrogen-bond acceptors (Lipinski definition) is 4. The van der Waals surface area contributed by atoms with Crippen LogP contribution in [0.25, 0.3) is 11.4 Å². The van der Waals surface area contributed by atoms with Crippen molar-refractivity contribution in [1.82, 2.24) is 20.2 Å². The van der Waals surface area contributed by atoms with Gasteiger partial charge >= 0.3 is 0 Å². The molecule has 2 aliphatic rings. The standard InChI is InChI=1S/C17H21N5O/c23-15(3-6-17-4-1-12(9-17)2-5-17)21-14-11-20-22-16(14)13-10-18-7-8-19-13/h7-8,10-12H,1-6,9H2,(H,20,22)(H,21,23). The quantitative estimate of drug-likeness (QED) is 0.888. The molecule has 1 amide bonds. The lowest BCUT2D eigenvalue weighted by Crippen LogP contribution is -2.19. The fraction of sp³-hybridized carbons (Fsp3) is 0.529. The summed E-state index contributed by atoms with van der Waals surface area (Å²) in [4.78, 5) is 20.6. The fourth-order valence-electron chi connectivity index (χ4n) is 4.26. The van der Waals surface area contributed by atoms with Crippen LogP contribution in [0, 0.1) is 11.3 Å². The molecule has 2 N–H and O–H groups in total. The molecule has 120 valence electrons. The molecule has 2 aromatic rings. The van der Waals surface area contributed by atoms with Crippen molar-refractivity contribution in [3.8, 4) is 11.4 Å². The normalized spacial score (nSPS) is 25.7. The molecule has 0 radical (unpaired) electrons. The summed E-state index contributed by atoms with van der Waals surface area (Å²) < 4.78 is 0. The van der Waals surface area contributed by atoms with Crippen LogP contribution in [0.5, 0.6) is 0 Å². The van der Waals surface area contributed by atoms with Gasteiger partial charge in [-0.05, 0) is 49.9 Å². The molecule has 2 aromatic heterocycles. The van der Waals surface area contributed by atoms with E-state index in [2.05, 4.69) is 25.5 Å². The Balaban J connectivity index is 1.39. The average Bonchev–Trinajstić information content (AvgIpc) is 3.30. The van der Waals surface area contributed by atoms with Crippen molar-refractivity contribution in [2.45, 2.75) is 44.9 Å². The van der Waals surface area contributed by atoms with Crippen LogP contribution in [-0.4, -0.2) is 26.1 Å². The number of H-pyrrole nitrogens is 1. The number of aromatic amines is 1. The second kappa shape index (κ2) is 5.76. The minimum atomic E-state index is 0.0567. The number of nitrogens with zero attached hydrogens (tertiary/aromatic N) is 3. The number of carbonyl (C=O) groups is 1. The lowest BCUT2D eigenvalue weighted by molar-refractivity contribution is -0.116. The van der Waals surface area contributed by atoms with Gasteiger partial charge in [0.1, 0.15) is 11.4 Å². The van der Waals surface area contributed by atoms with Gasteiger partial charge in [-0.1, -0.05) is 0 Å². The van der Waals surface area contributed by atoms with Crippen LogP contribution in [0.1, 0.15) is 44.9 Å². The first-order valence-electron chi connectivity index (χ1n) is 8.34. The van der Waals surface area contributed by atoms with E-state index in [0.29, 0.717) is 28.9 Å². The molecule has 2 aliphatic carbocycles. The van der Waals surface area contributed by atoms with Gasteiger partial charge in [-0.25, -0.2) is 0 Å². The number of aromatic nitrogens is 4. The first kappa shape index (κ1) is 14.4. The van der Waals surface area contributed by atoms with Crippen LogP contribution < -0.4 is 5.32 Å². The molecular formula is C17H21N5O. The summed E-state index contributed by atoms with van der Waals surface area (Å²) in [6, 6.07) is 0. The van der Waals surface area contributed by atoms with E-state index in [1.807, 2.05) is 0 Å². The van der Waals surface area contributed by atoms with E-state index in [9.17, 15) is 4.79 Å². The number of nitrogens with one attached hydrogen (secondary N) is 2. The van der Waals surface area contributed by atoms with Crippen LogP contribution in [0.4, 0.5) is 5.69 Å². The minimum Gasteiger partial charge on any atom is -0.323 e. The van der Waals surface area contributed by atoms with Crippen molar-refractivity contribution in [2.75, 3.05) is 5.32 Å². The van der Waals surface area contributed by atoms with Crippen molar-refractivity contribution in [3.63, 3.8) is 0 Å². The highest BCUT2D eigenvalue weighted by Gasteiger charge is 2.44. The molecule has 0 saturated heterocycles. The summed E-state index contributed by atoms with van der Waals surface area (Å²) in [6.07, 6.45) is 14.8. The zero-order valence-corrected chi connectivity index (χ0v) is 13.1. The van der Waals surface area contributed by atoms with Crippen LogP contribution in [-0.2, 0) is 4.79 Å². The summed E-state index contributed by atoms with van der Waals surface area (Å²) in [5, 5.41) is 9.87. The Morgan fingerprint density at radius 1 is 1.30 bits per heavy atom. The molecule has 0 spiro atoms.